The van der Waals surface area contributed by atoms with Crippen molar-refractivity contribution in [1.29, 1.82) is 0 Å². The summed E-state index contributed by atoms with van der Waals surface area (Å²) in [6, 6.07) is 5.75. The molecule has 136 valence electrons. The van der Waals surface area contributed by atoms with Crippen LogP contribution < -0.4 is 5.32 Å². The van der Waals surface area contributed by atoms with Crippen LogP contribution >= 0.6 is 11.6 Å². The van der Waals surface area contributed by atoms with Gasteiger partial charge in [0.1, 0.15) is 6.04 Å². The van der Waals surface area contributed by atoms with E-state index in [0.29, 0.717) is 18.1 Å². The molecular weight excluding hydrogens is 344 g/mol. The van der Waals surface area contributed by atoms with Gasteiger partial charge in [-0.15, -0.1) is 0 Å². The minimum atomic E-state index is -0.852. The molecule has 2 amide bonds. The molecule has 1 aromatic carbocycles. The highest BCUT2D eigenvalue weighted by molar-refractivity contribution is 6.33. The van der Waals surface area contributed by atoms with Crippen molar-refractivity contribution in [1.82, 2.24) is 10.2 Å². The molecule has 1 fully saturated rings. The third kappa shape index (κ3) is 5.19. The minimum absolute atomic E-state index is 0.194. The molecule has 1 heterocycles. The highest BCUT2D eigenvalue weighted by Gasteiger charge is 2.28. The molecule has 25 heavy (non-hydrogen) atoms. The zero-order chi connectivity index (χ0) is 18.4. The quantitative estimate of drug-likeness (QED) is 0.783. The average molecular weight is 367 g/mol. The van der Waals surface area contributed by atoms with Crippen molar-refractivity contribution < 1.29 is 19.1 Å². The zero-order valence-electron chi connectivity index (χ0n) is 14.5. The Labute approximate surface area is 152 Å². The van der Waals surface area contributed by atoms with Gasteiger partial charge >= 0.3 is 5.97 Å². The summed E-state index contributed by atoms with van der Waals surface area (Å²) in [5.41, 5.74) is 0.288. The second-order valence-electron chi connectivity index (χ2n) is 6.37. The molecule has 0 spiro atoms. The van der Waals surface area contributed by atoms with Gasteiger partial charge in [-0.05, 0) is 30.9 Å². The van der Waals surface area contributed by atoms with Crippen molar-refractivity contribution in [2.45, 2.75) is 32.7 Å². The van der Waals surface area contributed by atoms with Crippen LogP contribution in [0.15, 0.2) is 24.3 Å². The highest BCUT2D eigenvalue weighted by Crippen LogP contribution is 2.16. The Morgan fingerprint density at radius 1 is 1.20 bits per heavy atom. The Morgan fingerprint density at radius 2 is 1.84 bits per heavy atom. The largest absolute Gasteiger partial charge is 0.454 e. The lowest BCUT2D eigenvalue weighted by molar-refractivity contribution is -0.154. The van der Waals surface area contributed by atoms with Gasteiger partial charge < -0.3 is 15.0 Å². The van der Waals surface area contributed by atoms with E-state index in [4.69, 9.17) is 16.3 Å². The second kappa shape index (κ2) is 8.85. The van der Waals surface area contributed by atoms with Gasteiger partial charge in [-0.2, -0.15) is 0 Å². The predicted octanol–water partition coefficient (Wildman–Crippen LogP) is 2.26. The SMILES string of the molecule is CC(C)C(NC(=O)c1ccccc1Cl)C(=O)OCC(=O)N1CCCC1. The molecule has 1 aliphatic rings. The molecule has 1 unspecified atom stereocenters. The normalized spacial score (nSPS) is 15.1. The van der Waals surface area contributed by atoms with Crippen LogP contribution in [0.5, 0.6) is 0 Å². The van der Waals surface area contributed by atoms with Crippen LogP contribution in [0.3, 0.4) is 0 Å². The number of nitrogens with zero attached hydrogens (tertiary/aromatic N) is 1. The minimum Gasteiger partial charge on any atom is -0.454 e. The van der Waals surface area contributed by atoms with Gasteiger partial charge in [-0.3, -0.25) is 9.59 Å². The molecule has 7 heteroatoms. The Morgan fingerprint density at radius 3 is 2.44 bits per heavy atom. The fraction of sp³-hybridized carbons (Fsp3) is 0.500. The molecule has 0 bridgehead atoms. The smallest absolute Gasteiger partial charge is 0.329 e. The average Bonchev–Trinajstić information content (AvgIpc) is 3.11. The van der Waals surface area contributed by atoms with Crippen LogP contribution in [0.25, 0.3) is 0 Å². The van der Waals surface area contributed by atoms with E-state index in [9.17, 15) is 14.4 Å². The van der Waals surface area contributed by atoms with Crippen LogP contribution in [0.2, 0.25) is 5.02 Å². The first kappa shape index (κ1) is 19.2. The number of halogens is 1. The van der Waals surface area contributed by atoms with Crippen LogP contribution in [-0.2, 0) is 14.3 Å². The number of esters is 1. The van der Waals surface area contributed by atoms with E-state index >= 15 is 0 Å². The van der Waals surface area contributed by atoms with Gasteiger partial charge in [0.25, 0.3) is 11.8 Å². The Balaban J connectivity index is 1.95. The number of benzene rings is 1. The maximum Gasteiger partial charge on any atom is 0.329 e. The molecule has 0 radical (unpaired) electrons. The molecule has 1 atom stereocenters. The van der Waals surface area contributed by atoms with Gasteiger partial charge in [0.2, 0.25) is 0 Å². The number of amides is 2. The third-order valence-corrected chi connectivity index (χ3v) is 4.45. The molecule has 2 rings (SSSR count). The molecule has 1 aromatic rings. The van der Waals surface area contributed by atoms with Crippen LogP contribution in [-0.4, -0.2) is 48.4 Å². The molecule has 0 saturated carbocycles. The topological polar surface area (TPSA) is 75.7 Å². The summed E-state index contributed by atoms with van der Waals surface area (Å²) in [5, 5.41) is 2.95. The maximum absolute atomic E-state index is 12.4. The first-order valence-corrected chi connectivity index (χ1v) is 8.77. The summed E-state index contributed by atoms with van der Waals surface area (Å²) in [6.07, 6.45) is 1.95. The van der Waals surface area contributed by atoms with Crippen molar-refractivity contribution >= 4 is 29.4 Å². The predicted molar refractivity (Wildman–Crippen MR) is 94.3 cm³/mol. The number of nitrogens with one attached hydrogen (secondary N) is 1. The van der Waals surface area contributed by atoms with Crippen molar-refractivity contribution in [2.75, 3.05) is 19.7 Å². The first-order valence-electron chi connectivity index (χ1n) is 8.40. The molecule has 6 nitrogen and oxygen atoms in total. The summed E-state index contributed by atoms with van der Waals surface area (Å²) in [5.74, 6) is -1.47. The first-order chi connectivity index (χ1) is 11.9. The number of rotatable bonds is 6. The molecular formula is C18H23ClN2O4. The molecule has 1 saturated heterocycles. The van der Waals surface area contributed by atoms with E-state index in [0.717, 1.165) is 12.8 Å². The number of carbonyl (C=O) groups excluding carboxylic acids is 3. The van der Waals surface area contributed by atoms with E-state index in [-0.39, 0.29) is 24.0 Å². The van der Waals surface area contributed by atoms with E-state index in [2.05, 4.69) is 5.32 Å². The van der Waals surface area contributed by atoms with E-state index in [1.165, 1.54) is 0 Å². The molecule has 1 N–H and O–H groups in total. The van der Waals surface area contributed by atoms with E-state index in [1.54, 1.807) is 43.0 Å². The lowest BCUT2D eigenvalue weighted by Gasteiger charge is -2.22. The number of ether oxygens (including phenoxy) is 1. The highest BCUT2D eigenvalue weighted by atomic mass is 35.5. The van der Waals surface area contributed by atoms with Crippen LogP contribution in [0.1, 0.15) is 37.0 Å². The van der Waals surface area contributed by atoms with Crippen molar-refractivity contribution in [3.05, 3.63) is 34.9 Å². The molecule has 0 aromatic heterocycles. The zero-order valence-corrected chi connectivity index (χ0v) is 15.2. The molecule has 1 aliphatic heterocycles. The van der Waals surface area contributed by atoms with Gasteiger partial charge in [-0.1, -0.05) is 37.6 Å². The monoisotopic (exact) mass is 366 g/mol. The van der Waals surface area contributed by atoms with Crippen LogP contribution in [0.4, 0.5) is 0 Å². The maximum atomic E-state index is 12.4. The summed E-state index contributed by atoms with van der Waals surface area (Å²) in [7, 11) is 0. The Hall–Kier alpha value is -2.08. The van der Waals surface area contributed by atoms with Crippen LogP contribution in [0, 0.1) is 5.92 Å². The van der Waals surface area contributed by atoms with Gasteiger partial charge in [0.05, 0.1) is 10.6 Å². The van der Waals surface area contributed by atoms with Gasteiger partial charge in [0, 0.05) is 13.1 Å². The lowest BCUT2D eigenvalue weighted by atomic mass is 10.0. The van der Waals surface area contributed by atoms with Crippen molar-refractivity contribution in [2.24, 2.45) is 5.92 Å². The van der Waals surface area contributed by atoms with Gasteiger partial charge in [-0.25, -0.2) is 4.79 Å². The second-order valence-corrected chi connectivity index (χ2v) is 6.78. The van der Waals surface area contributed by atoms with E-state index in [1.807, 2.05) is 0 Å². The van der Waals surface area contributed by atoms with Gasteiger partial charge in [0.15, 0.2) is 6.61 Å². The third-order valence-electron chi connectivity index (χ3n) is 4.12. The fourth-order valence-corrected chi connectivity index (χ4v) is 2.86. The number of likely N-dealkylation sites (tertiary alicyclic amines) is 1. The summed E-state index contributed by atoms with van der Waals surface area (Å²) < 4.78 is 5.13. The number of carbonyl (C=O) groups is 3. The number of hydrogen-bond acceptors (Lipinski definition) is 4. The number of hydrogen-bond donors (Lipinski definition) is 1. The molecule has 0 aliphatic carbocycles. The summed E-state index contributed by atoms with van der Waals surface area (Å²) in [4.78, 5) is 38.3. The Kier molecular flexibility index (Phi) is 6.82. The standard InChI is InChI=1S/C18H23ClN2O4/c1-12(2)16(20-17(23)13-7-3-4-8-14(13)19)18(24)25-11-15(22)21-9-5-6-10-21/h3-4,7-8,12,16H,5-6,9-11H2,1-2H3,(H,20,23). The van der Waals surface area contributed by atoms with E-state index < -0.39 is 17.9 Å². The van der Waals surface area contributed by atoms with Crippen molar-refractivity contribution in [3.63, 3.8) is 0 Å². The summed E-state index contributed by atoms with van der Waals surface area (Å²) >= 11 is 6.01. The fourth-order valence-electron chi connectivity index (χ4n) is 2.64. The summed E-state index contributed by atoms with van der Waals surface area (Å²) in [6.45, 7) is 4.69. The van der Waals surface area contributed by atoms with Crippen molar-refractivity contribution in [3.8, 4) is 0 Å². The Bertz CT molecular complexity index is 642. The lowest BCUT2D eigenvalue weighted by Crippen LogP contribution is -2.46.